The third-order valence-corrected chi connectivity index (χ3v) is 12.7. The van der Waals surface area contributed by atoms with Gasteiger partial charge in [-0.25, -0.2) is 4.39 Å². The van der Waals surface area contributed by atoms with Crippen LogP contribution in [0, 0.1) is 11.7 Å². The Morgan fingerprint density at radius 1 is 0.825 bits per heavy atom. The van der Waals surface area contributed by atoms with Gasteiger partial charge in [-0.3, -0.25) is 24.6 Å². The molecule has 0 saturated carbocycles. The van der Waals surface area contributed by atoms with Crippen molar-refractivity contribution in [2.75, 3.05) is 69.3 Å². The monoisotopic (exact) mass is 773 g/mol. The normalized spacial score (nSPS) is 22.9. The van der Waals surface area contributed by atoms with Crippen LogP contribution in [0.1, 0.15) is 70.1 Å². The number of phenols is 1. The number of hydrogen-bond acceptors (Lipinski definition) is 9. The molecular weight excluding hydrogens is 726 g/mol. The molecule has 0 unspecified atom stereocenters. The number of nitrogens with one attached hydrogen (secondary N) is 1. The van der Waals surface area contributed by atoms with E-state index in [-0.39, 0.29) is 47.5 Å². The number of halogens is 1. The maximum atomic E-state index is 14.4. The zero-order valence-corrected chi connectivity index (χ0v) is 32.2. The summed E-state index contributed by atoms with van der Waals surface area (Å²) in [7, 11) is 1.48. The van der Waals surface area contributed by atoms with E-state index in [4.69, 9.17) is 9.47 Å². The Hall–Kier alpha value is -5.62. The maximum absolute atomic E-state index is 14.4. The van der Waals surface area contributed by atoms with Crippen molar-refractivity contribution in [3.63, 3.8) is 0 Å². The largest absolute Gasteiger partial charge is 0.508 e. The van der Waals surface area contributed by atoms with Gasteiger partial charge in [0.1, 0.15) is 17.5 Å². The summed E-state index contributed by atoms with van der Waals surface area (Å²) in [5.41, 5.74) is 6.97. The van der Waals surface area contributed by atoms with Gasteiger partial charge < -0.3 is 29.3 Å². The van der Waals surface area contributed by atoms with Crippen LogP contribution in [-0.2, 0) is 16.1 Å². The number of amides is 3. The maximum Gasteiger partial charge on any atom is 0.255 e. The number of fused-ring (bicyclic) bond motifs is 2. The van der Waals surface area contributed by atoms with Crippen molar-refractivity contribution in [2.45, 2.75) is 50.1 Å². The Labute approximate surface area is 331 Å². The van der Waals surface area contributed by atoms with E-state index in [0.717, 1.165) is 86.6 Å². The van der Waals surface area contributed by atoms with E-state index < -0.39 is 11.9 Å². The van der Waals surface area contributed by atoms with E-state index in [1.807, 2.05) is 24.3 Å². The summed E-state index contributed by atoms with van der Waals surface area (Å²) in [6.45, 7) is 7.70. The molecule has 296 valence electrons. The van der Waals surface area contributed by atoms with Crippen molar-refractivity contribution in [1.29, 1.82) is 0 Å². The number of phenolic OH excluding ortho intramolecular Hbond substituents is 1. The molecule has 3 atom stereocenters. The smallest absolute Gasteiger partial charge is 0.255 e. The predicted octanol–water partition coefficient (Wildman–Crippen LogP) is 5.65. The van der Waals surface area contributed by atoms with E-state index in [1.54, 1.807) is 23.1 Å². The summed E-state index contributed by atoms with van der Waals surface area (Å²) >= 11 is 0. The number of piperidine rings is 2. The molecule has 0 aliphatic carbocycles. The third kappa shape index (κ3) is 7.27. The first-order valence-electron chi connectivity index (χ1n) is 20.1. The highest BCUT2D eigenvalue weighted by Gasteiger charge is 2.40. The van der Waals surface area contributed by atoms with E-state index in [2.05, 4.69) is 50.3 Å². The van der Waals surface area contributed by atoms with Gasteiger partial charge in [0, 0.05) is 99.2 Å². The lowest BCUT2D eigenvalue weighted by atomic mass is 9.75. The fourth-order valence-electron chi connectivity index (χ4n) is 9.58. The van der Waals surface area contributed by atoms with E-state index in [0.29, 0.717) is 36.8 Å². The van der Waals surface area contributed by atoms with Crippen LogP contribution in [0.2, 0.25) is 0 Å². The molecule has 5 heterocycles. The molecule has 2 N–H and O–H groups in total. The second-order valence-electron chi connectivity index (χ2n) is 16.1. The minimum atomic E-state index is -0.602. The van der Waals surface area contributed by atoms with Gasteiger partial charge in [0.05, 0.1) is 13.7 Å². The van der Waals surface area contributed by atoms with Crippen LogP contribution in [-0.4, -0.2) is 98.2 Å². The Morgan fingerprint density at radius 3 is 2.32 bits per heavy atom. The summed E-state index contributed by atoms with van der Waals surface area (Å²) in [6, 6.07) is 24.6. The summed E-state index contributed by atoms with van der Waals surface area (Å²) in [4.78, 5) is 46.3. The summed E-state index contributed by atoms with van der Waals surface area (Å²) < 4.78 is 25.8. The SMILES string of the molecule is COc1cc([C@@H]2COc3cc(O)ccc3[C@@H]2c2ccc(N3CCC(CN4CCN(c5ccc6c(c5)CN([C@H]5CCC(=O)NC5=O)C6=O)CC4)CC3)cc2)ccc1F. The molecule has 5 aliphatic heterocycles. The Morgan fingerprint density at radius 2 is 1.56 bits per heavy atom. The lowest BCUT2D eigenvalue weighted by molar-refractivity contribution is -0.136. The van der Waals surface area contributed by atoms with Crippen molar-refractivity contribution >= 4 is 29.1 Å². The lowest BCUT2D eigenvalue weighted by Crippen LogP contribution is -2.52. The molecule has 0 aromatic heterocycles. The average molecular weight is 774 g/mol. The number of rotatable bonds is 8. The predicted molar refractivity (Wildman–Crippen MR) is 214 cm³/mol. The highest BCUT2D eigenvalue weighted by molar-refractivity contribution is 6.05. The number of imide groups is 1. The van der Waals surface area contributed by atoms with Crippen LogP contribution in [0.3, 0.4) is 0 Å². The molecule has 4 aromatic carbocycles. The zero-order valence-electron chi connectivity index (χ0n) is 32.2. The van der Waals surface area contributed by atoms with Gasteiger partial charge in [0.2, 0.25) is 11.8 Å². The molecule has 3 fully saturated rings. The summed E-state index contributed by atoms with van der Waals surface area (Å²) in [6.07, 6.45) is 2.88. The van der Waals surface area contributed by atoms with Crippen molar-refractivity contribution in [1.82, 2.24) is 15.1 Å². The highest BCUT2D eigenvalue weighted by Crippen LogP contribution is 2.48. The molecule has 5 aliphatic rings. The number of hydrogen-bond donors (Lipinski definition) is 2. The number of methoxy groups -OCH3 is 1. The van der Waals surface area contributed by atoms with Crippen LogP contribution >= 0.6 is 0 Å². The van der Waals surface area contributed by atoms with Crippen LogP contribution in [0.5, 0.6) is 17.2 Å². The molecule has 4 aromatic rings. The first-order valence-corrected chi connectivity index (χ1v) is 20.1. The van der Waals surface area contributed by atoms with Gasteiger partial charge in [-0.15, -0.1) is 0 Å². The number of piperazine rings is 1. The zero-order chi connectivity index (χ0) is 39.2. The second-order valence-corrected chi connectivity index (χ2v) is 16.1. The van der Waals surface area contributed by atoms with E-state index >= 15 is 0 Å². The summed E-state index contributed by atoms with van der Waals surface area (Å²) in [5.74, 6) is 0.354. The molecule has 9 rings (SSSR count). The van der Waals surface area contributed by atoms with Gasteiger partial charge in [0.25, 0.3) is 5.91 Å². The van der Waals surface area contributed by atoms with Gasteiger partial charge >= 0.3 is 0 Å². The fourth-order valence-corrected chi connectivity index (χ4v) is 9.58. The van der Waals surface area contributed by atoms with Gasteiger partial charge in [0.15, 0.2) is 11.6 Å². The molecule has 0 radical (unpaired) electrons. The number of ether oxygens (including phenoxy) is 2. The number of nitrogens with zero attached hydrogens (tertiary/aromatic N) is 4. The minimum absolute atomic E-state index is 0.0491. The Bertz CT molecular complexity index is 2180. The fraction of sp³-hybridized carbons (Fsp3) is 0.400. The highest BCUT2D eigenvalue weighted by atomic mass is 19.1. The topological polar surface area (TPSA) is 115 Å². The van der Waals surface area contributed by atoms with Crippen molar-refractivity contribution < 1.29 is 33.4 Å². The minimum Gasteiger partial charge on any atom is -0.508 e. The molecule has 12 heteroatoms. The van der Waals surface area contributed by atoms with Gasteiger partial charge in [-0.1, -0.05) is 24.3 Å². The molecule has 3 saturated heterocycles. The van der Waals surface area contributed by atoms with Gasteiger partial charge in [-0.05, 0) is 90.4 Å². The second kappa shape index (κ2) is 15.4. The van der Waals surface area contributed by atoms with Crippen molar-refractivity contribution in [3.8, 4) is 17.2 Å². The first kappa shape index (κ1) is 37.0. The van der Waals surface area contributed by atoms with Crippen LogP contribution in [0.15, 0.2) is 78.9 Å². The van der Waals surface area contributed by atoms with Gasteiger partial charge in [-0.2, -0.15) is 0 Å². The van der Waals surface area contributed by atoms with Crippen LogP contribution in [0.25, 0.3) is 0 Å². The lowest BCUT2D eigenvalue weighted by Gasteiger charge is -2.40. The molecule has 0 bridgehead atoms. The third-order valence-electron chi connectivity index (χ3n) is 12.7. The quantitative estimate of drug-likeness (QED) is 0.220. The Balaban J connectivity index is 0.792. The number of carbonyl (C=O) groups is 3. The summed E-state index contributed by atoms with van der Waals surface area (Å²) in [5, 5.41) is 12.6. The van der Waals surface area contributed by atoms with Crippen LogP contribution < -0.4 is 24.6 Å². The van der Waals surface area contributed by atoms with Crippen molar-refractivity contribution in [3.05, 3.63) is 112 Å². The number of aromatic hydroxyl groups is 1. The molecular formula is C45H48FN5O6. The molecule has 57 heavy (non-hydrogen) atoms. The first-order chi connectivity index (χ1) is 27.7. The number of anilines is 2. The van der Waals surface area contributed by atoms with E-state index in [9.17, 15) is 23.9 Å². The van der Waals surface area contributed by atoms with Crippen LogP contribution in [0.4, 0.5) is 15.8 Å². The van der Waals surface area contributed by atoms with Crippen molar-refractivity contribution in [2.24, 2.45) is 5.92 Å². The molecule has 0 spiro atoms. The average Bonchev–Trinajstić information content (AvgIpc) is 3.56. The molecule has 11 nitrogen and oxygen atoms in total. The molecule has 3 amide bonds. The Kier molecular flexibility index (Phi) is 9.98. The van der Waals surface area contributed by atoms with E-state index in [1.165, 1.54) is 18.9 Å². The standard InChI is InChI=1S/C45H48FN5O6/c1-56-41-23-30(4-11-38(41)46)37-27-57-40-24-34(52)8-10-36(40)43(37)29-2-5-32(6-3-29)49-16-14-28(15-17-49)25-48-18-20-50(21-19-48)33-7-9-35-31(22-33)26-51(45(35)55)39-12-13-42(53)47-44(39)54/h2-11,22-24,28,37,39,43,52H,12-21,25-27H2,1H3,(H,47,53,54)/t37-,39-,43-/m0/s1. The number of benzene rings is 4. The number of carbonyl (C=O) groups excluding carboxylic acids is 3.